The number of carbonyl (C=O) groups is 3. The van der Waals surface area contributed by atoms with Crippen LogP contribution in [0.5, 0.6) is 0 Å². The highest BCUT2D eigenvalue weighted by atomic mass is 16.5. The zero-order valence-corrected chi connectivity index (χ0v) is 13.3. The Morgan fingerprint density at radius 2 is 2.04 bits per heavy atom. The first-order chi connectivity index (χ1) is 10.8. The number of fused-ring (bicyclic) bond motifs is 1. The molecule has 9 nitrogen and oxygen atoms in total. The number of hydrogen-bond acceptors (Lipinski definition) is 7. The first kappa shape index (κ1) is 17.1. The normalized spacial score (nSPS) is 29.3. The molecule has 9 heteroatoms. The van der Waals surface area contributed by atoms with E-state index in [4.69, 9.17) is 15.2 Å². The van der Waals surface area contributed by atoms with Crippen LogP contribution in [0.1, 0.15) is 33.1 Å². The molecule has 2 atom stereocenters. The van der Waals surface area contributed by atoms with E-state index in [0.717, 1.165) is 5.01 Å². The molecule has 2 rings (SSSR count). The number of ether oxygens (including phenoxy) is 2. The first-order valence-corrected chi connectivity index (χ1v) is 7.31. The summed E-state index contributed by atoms with van der Waals surface area (Å²) in [6, 6.07) is -0.923. The van der Waals surface area contributed by atoms with Crippen molar-refractivity contribution in [2.75, 3.05) is 13.7 Å². The predicted molar refractivity (Wildman–Crippen MR) is 77.1 cm³/mol. The maximum atomic E-state index is 12.7. The number of amides is 2. The highest BCUT2D eigenvalue weighted by molar-refractivity contribution is 6.01. The van der Waals surface area contributed by atoms with Gasteiger partial charge in [-0.25, -0.2) is 15.0 Å². The number of nitrogens with two attached hydrogens (primary N) is 1. The van der Waals surface area contributed by atoms with Crippen molar-refractivity contribution in [2.24, 2.45) is 11.1 Å². The summed E-state index contributed by atoms with van der Waals surface area (Å²) in [7, 11) is 1.18. The Hall–Kier alpha value is -2.29. The molecule has 0 radical (unpaired) electrons. The van der Waals surface area contributed by atoms with Crippen LogP contribution in [-0.2, 0) is 19.1 Å². The van der Waals surface area contributed by atoms with Crippen LogP contribution in [0.25, 0.3) is 0 Å². The highest BCUT2D eigenvalue weighted by Crippen LogP contribution is 2.59. The number of hydrogen-bond donors (Lipinski definition) is 3. The zero-order valence-electron chi connectivity index (χ0n) is 13.3. The molecular formula is C14H21N3O6. The fraction of sp³-hybridized carbons (Fsp3) is 0.643. The molecule has 1 saturated carbocycles. The van der Waals surface area contributed by atoms with Crippen molar-refractivity contribution in [3.63, 3.8) is 0 Å². The van der Waals surface area contributed by atoms with Crippen molar-refractivity contribution in [2.45, 2.75) is 38.8 Å². The van der Waals surface area contributed by atoms with Gasteiger partial charge in [-0.1, -0.05) is 0 Å². The van der Waals surface area contributed by atoms with Crippen molar-refractivity contribution in [1.29, 1.82) is 0 Å². The topological polar surface area (TPSA) is 131 Å². The summed E-state index contributed by atoms with van der Waals surface area (Å²) < 4.78 is 9.89. The van der Waals surface area contributed by atoms with Crippen molar-refractivity contribution in [3.05, 3.63) is 11.3 Å². The molecule has 1 fully saturated rings. The summed E-state index contributed by atoms with van der Waals surface area (Å²) in [6.07, 6.45) is 0.811. The van der Waals surface area contributed by atoms with Gasteiger partial charge < -0.3 is 20.3 Å². The van der Waals surface area contributed by atoms with Crippen LogP contribution >= 0.6 is 0 Å². The van der Waals surface area contributed by atoms with Crippen LogP contribution in [0.4, 0.5) is 4.79 Å². The number of nitrogens with zero attached hydrogens (tertiary/aromatic N) is 1. The molecular weight excluding hydrogens is 306 g/mol. The molecule has 2 aliphatic rings. The second-order valence-electron chi connectivity index (χ2n) is 5.56. The Bertz CT molecular complexity index is 589. The minimum Gasteiger partial charge on any atom is -0.466 e. The molecule has 0 spiro atoms. The predicted octanol–water partition coefficient (Wildman–Crippen LogP) is -0.246. The van der Waals surface area contributed by atoms with Gasteiger partial charge in [0.15, 0.2) is 11.1 Å². The minimum atomic E-state index is -1.83. The fourth-order valence-corrected chi connectivity index (χ4v) is 3.67. The maximum Gasteiger partial charge on any atom is 0.336 e. The van der Waals surface area contributed by atoms with E-state index in [1.54, 1.807) is 6.92 Å². The standard InChI is InChI=1S/C14H21N3O6/c1-4-23-11(19)13-6-5-7-14(13,21)17(16-12(15)20)8(2)9(13)10(18)22-3/h21H,4-7H2,1-3H3,(H3,15,16,20)/t13-,14+/m0/s1. The number of methoxy groups -OCH3 is 1. The molecule has 1 aliphatic carbocycles. The van der Waals surface area contributed by atoms with Gasteiger partial charge in [-0.2, -0.15) is 0 Å². The van der Waals surface area contributed by atoms with Crippen molar-refractivity contribution in [1.82, 2.24) is 10.4 Å². The van der Waals surface area contributed by atoms with Gasteiger partial charge in [0.25, 0.3) is 0 Å². The molecule has 0 aromatic carbocycles. The molecule has 0 saturated heterocycles. The van der Waals surface area contributed by atoms with Crippen molar-refractivity contribution < 1.29 is 29.0 Å². The molecule has 1 aliphatic heterocycles. The quantitative estimate of drug-likeness (QED) is 0.607. The average Bonchev–Trinajstić information content (AvgIpc) is 2.91. The van der Waals surface area contributed by atoms with Gasteiger partial charge in [0.05, 0.1) is 19.3 Å². The smallest absolute Gasteiger partial charge is 0.336 e. The molecule has 0 unspecified atom stereocenters. The van der Waals surface area contributed by atoms with Crippen LogP contribution in [0.2, 0.25) is 0 Å². The van der Waals surface area contributed by atoms with Gasteiger partial charge in [0, 0.05) is 5.70 Å². The van der Waals surface area contributed by atoms with Crippen LogP contribution in [0, 0.1) is 5.41 Å². The van der Waals surface area contributed by atoms with E-state index in [0.29, 0.717) is 6.42 Å². The van der Waals surface area contributed by atoms with E-state index in [9.17, 15) is 19.5 Å². The SMILES string of the molecule is CCOC(=O)[C@@]12CCC[C@]1(O)N(NC(N)=O)C(C)=C2C(=O)OC. The third-order valence-corrected chi connectivity index (χ3v) is 4.49. The van der Waals surface area contributed by atoms with Gasteiger partial charge in [0.2, 0.25) is 0 Å². The lowest BCUT2D eigenvalue weighted by Crippen LogP contribution is -2.61. The second-order valence-corrected chi connectivity index (χ2v) is 5.56. The molecule has 23 heavy (non-hydrogen) atoms. The minimum absolute atomic E-state index is 0.0211. The number of primary amides is 1. The lowest BCUT2D eigenvalue weighted by atomic mass is 9.75. The number of allylic oxidation sites excluding steroid dienone is 1. The Morgan fingerprint density at radius 3 is 2.57 bits per heavy atom. The number of carbonyl (C=O) groups excluding carboxylic acids is 3. The van der Waals surface area contributed by atoms with Gasteiger partial charge in [-0.15, -0.1) is 0 Å². The van der Waals surface area contributed by atoms with Gasteiger partial charge in [-0.3, -0.25) is 9.80 Å². The summed E-state index contributed by atoms with van der Waals surface area (Å²) in [5, 5.41) is 12.3. The fourth-order valence-electron chi connectivity index (χ4n) is 3.67. The van der Waals surface area contributed by atoms with E-state index in [1.165, 1.54) is 14.0 Å². The lowest BCUT2D eigenvalue weighted by molar-refractivity contribution is -0.187. The van der Waals surface area contributed by atoms with Crippen LogP contribution in [0.3, 0.4) is 0 Å². The van der Waals surface area contributed by atoms with Crippen LogP contribution in [0.15, 0.2) is 11.3 Å². The molecule has 0 aromatic rings. The Balaban J connectivity index is 2.66. The number of esters is 2. The maximum absolute atomic E-state index is 12.7. The van der Waals surface area contributed by atoms with Crippen molar-refractivity contribution >= 4 is 18.0 Å². The van der Waals surface area contributed by atoms with E-state index >= 15 is 0 Å². The molecule has 0 aromatic heterocycles. The Labute approximate surface area is 133 Å². The number of hydrazine groups is 1. The number of aliphatic hydroxyl groups is 1. The van der Waals surface area contributed by atoms with Gasteiger partial charge >= 0.3 is 18.0 Å². The summed E-state index contributed by atoms with van der Waals surface area (Å²) in [5.41, 5.74) is 4.16. The highest BCUT2D eigenvalue weighted by Gasteiger charge is 2.71. The lowest BCUT2D eigenvalue weighted by Gasteiger charge is -2.40. The summed E-state index contributed by atoms with van der Waals surface area (Å²) >= 11 is 0. The Kier molecular flexibility index (Phi) is 4.25. The molecule has 4 N–H and O–H groups in total. The van der Waals surface area contributed by atoms with Crippen LogP contribution < -0.4 is 11.2 Å². The zero-order chi connectivity index (χ0) is 17.4. The monoisotopic (exact) mass is 327 g/mol. The first-order valence-electron chi connectivity index (χ1n) is 7.31. The number of rotatable bonds is 4. The third-order valence-electron chi connectivity index (χ3n) is 4.49. The van der Waals surface area contributed by atoms with E-state index < -0.39 is 29.1 Å². The number of urea groups is 1. The summed E-state index contributed by atoms with van der Waals surface area (Å²) in [4.78, 5) is 36.2. The largest absolute Gasteiger partial charge is 0.466 e. The summed E-state index contributed by atoms with van der Waals surface area (Å²) in [6.45, 7) is 3.22. The summed E-state index contributed by atoms with van der Waals surface area (Å²) in [5.74, 6) is -1.49. The van der Waals surface area contributed by atoms with Gasteiger partial charge in [0.1, 0.15) is 0 Å². The molecule has 0 bridgehead atoms. The molecule has 2 amide bonds. The molecule has 1 heterocycles. The van der Waals surface area contributed by atoms with E-state index in [1.807, 2.05) is 0 Å². The molecule has 128 valence electrons. The number of nitrogens with one attached hydrogen (secondary N) is 1. The van der Waals surface area contributed by atoms with Crippen LogP contribution in [-0.4, -0.2) is 47.5 Å². The van der Waals surface area contributed by atoms with Gasteiger partial charge in [-0.05, 0) is 33.1 Å². The Morgan fingerprint density at radius 1 is 1.39 bits per heavy atom. The second kappa shape index (κ2) is 5.73. The average molecular weight is 327 g/mol. The van der Waals surface area contributed by atoms with E-state index in [-0.39, 0.29) is 30.7 Å². The third kappa shape index (κ3) is 2.14. The van der Waals surface area contributed by atoms with E-state index in [2.05, 4.69) is 5.43 Å². The van der Waals surface area contributed by atoms with Crippen molar-refractivity contribution in [3.8, 4) is 0 Å².